The van der Waals surface area contributed by atoms with Crippen LogP contribution in [0.5, 0.6) is 0 Å². The summed E-state index contributed by atoms with van der Waals surface area (Å²) in [5.74, 6) is 0. The van der Waals surface area contributed by atoms with Crippen molar-refractivity contribution in [2.45, 2.75) is 156 Å². The molecule has 0 amide bonds. The number of hydrogen-bond donors (Lipinski definition) is 0. The van der Waals surface area contributed by atoms with Gasteiger partial charge in [-0.25, -0.2) is 0 Å². The van der Waals surface area contributed by atoms with Crippen molar-refractivity contribution >= 4 is 315 Å². The molecule has 129 heavy (non-hydrogen) atoms. The predicted molar refractivity (Wildman–Crippen MR) is 578 cm³/mol. The van der Waals surface area contributed by atoms with Crippen LogP contribution in [0.1, 0.15) is 111 Å². The first-order valence-electron chi connectivity index (χ1n) is 43.8. The highest BCUT2D eigenvalue weighted by molar-refractivity contribution is 14.1. The molecule has 21 heteroatoms. The van der Waals surface area contributed by atoms with Gasteiger partial charge in [0.1, 0.15) is 0 Å². The zero-order valence-electron chi connectivity index (χ0n) is 74.6. The molecule has 0 radical (unpaired) electrons. The van der Waals surface area contributed by atoms with E-state index in [1.54, 1.807) is 0 Å². The summed E-state index contributed by atoms with van der Waals surface area (Å²) < 4.78 is 69.3. The Morgan fingerprint density at radius 3 is 0.953 bits per heavy atom. The van der Waals surface area contributed by atoms with Crippen molar-refractivity contribution in [1.82, 2.24) is 0 Å². The lowest BCUT2D eigenvalue weighted by molar-refractivity contribution is 0.00578. The minimum Gasteiger partial charge on any atom is -0.405 e. The first kappa shape index (κ1) is 87.7. The van der Waals surface area contributed by atoms with E-state index in [1.807, 2.05) is 123 Å². The molecule has 4 aliphatic heterocycles. The number of fused-ring (bicyclic) bond motifs is 21. The van der Waals surface area contributed by atoms with Gasteiger partial charge >= 0.3 is 28.3 Å². The normalized spacial score (nSPS) is 17.6. The summed E-state index contributed by atoms with van der Waals surface area (Å²) in [6, 6.07) is 99.3. The second-order valence-corrected chi connectivity index (χ2v) is 47.6. The van der Waals surface area contributed by atoms with Gasteiger partial charge in [0.05, 0.1) is 44.8 Å². The average molecular weight is 2040 g/mol. The predicted octanol–water partition coefficient (Wildman–Crippen LogP) is 32.7. The molecular formula is C108H93B4Br2IO8S6. The molecule has 0 spiro atoms. The third-order valence-corrected chi connectivity index (χ3v) is 36.7. The van der Waals surface area contributed by atoms with Crippen molar-refractivity contribution in [3.63, 3.8) is 0 Å². The Balaban J connectivity index is 0.000000102. The zero-order valence-corrected chi connectivity index (χ0v) is 84.9. The van der Waals surface area contributed by atoms with Gasteiger partial charge in [0.15, 0.2) is 0 Å². The SMILES string of the molecule is Brc1cccc2sc3ccc(-c4c5ccccc5cc5sc6ccccc6c45)cc3c12.Brc1cccc2sc3ccc(I)cc3c12.CC1(C)OB(B2OC(C)(C)C(C)(C)O2)OC1(C)C.CC1(C)OB(c2c3ccccc3cc3sc4ccccc4c23)OC1(C)C.CC1(C)OB(c2cccc3sc4ccc(-c5c6ccccc6cc6sc7ccccc7c56)cc4c23)OC1(C)C. The van der Waals surface area contributed by atoms with Gasteiger partial charge in [0, 0.05) is 128 Å². The Bertz CT molecular complexity index is 8020. The Labute approximate surface area is 807 Å². The minimum absolute atomic E-state index is 0.354. The number of benzene rings is 15. The second kappa shape index (κ2) is 32.7. The van der Waals surface area contributed by atoms with Crippen molar-refractivity contribution in [3.8, 4) is 22.3 Å². The summed E-state index contributed by atoms with van der Waals surface area (Å²) in [4.78, 5) is 0. The van der Waals surface area contributed by atoms with E-state index in [0.29, 0.717) is 0 Å². The Hall–Kier alpha value is -7.97. The lowest BCUT2D eigenvalue weighted by atomic mass is 9.49. The van der Waals surface area contributed by atoms with Gasteiger partial charge in [-0.3, -0.25) is 0 Å². The van der Waals surface area contributed by atoms with Crippen LogP contribution in [0.15, 0.2) is 282 Å². The van der Waals surface area contributed by atoms with Crippen molar-refractivity contribution in [1.29, 1.82) is 0 Å². The largest absolute Gasteiger partial charge is 0.496 e. The van der Waals surface area contributed by atoms with Crippen LogP contribution in [0, 0.1) is 3.57 Å². The topological polar surface area (TPSA) is 73.8 Å². The Kier molecular flexibility index (Phi) is 22.2. The van der Waals surface area contributed by atoms with E-state index in [2.05, 4.69) is 383 Å². The van der Waals surface area contributed by atoms with Crippen LogP contribution in [0.4, 0.5) is 0 Å². The van der Waals surface area contributed by atoms with Gasteiger partial charge in [-0.15, -0.1) is 68.0 Å². The van der Waals surface area contributed by atoms with E-state index in [9.17, 15) is 0 Å². The molecule has 0 bridgehead atoms. The molecule has 4 fully saturated rings. The fraction of sp³-hybridized carbons (Fsp3) is 0.222. The van der Waals surface area contributed by atoms with Crippen LogP contribution in [0.2, 0.25) is 0 Å². The minimum atomic E-state index is -0.476. The summed E-state index contributed by atoms with van der Waals surface area (Å²) >= 11 is 20.9. The number of halogens is 3. The molecule has 8 nitrogen and oxygen atoms in total. The number of thiophene rings is 6. The molecule has 25 rings (SSSR count). The van der Waals surface area contributed by atoms with E-state index in [4.69, 9.17) is 37.2 Å². The van der Waals surface area contributed by atoms with E-state index < -0.39 is 21.1 Å². The van der Waals surface area contributed by atoms with Gasteiger partial charge in [-0.1, -0.05) is 196 Å². The summed E-state index contributed by atoms with van der Waals surface area (Å²) in [6.45, 7) is 33.1. The third kappa shape index (κ3) is 15.3. The molecule has 4 saturated heterocycles. The van der Waals surface area contributed by atoms with Gasteiger partial charge in [0.2, 0.25) is 0 Å². The maximum atomic E-state index is 6.53. The molecule has 21 aromatic rings. The van der Waals surface area contributed by atoms with Crippen molar-refractivity contribution in [2.24, 2.45) is 0 Å². The zero-order chi connectivity index (χ0) is 89.5. The fourth-order valence-corrected chi connectivity index (χ4v) is 27.1. The molecule has 0 saturated carbocycles. The van der Waals surface area contributed by atoms with Gasteiger partial charge in [-0.05, 0) is 313 Å². The van der Waals surface area contributed by atoms with E-state index in [1.165, 1.54) is 184 Å². The molecule has 0 atom stereocenters. The Morgan fingerprint density at radius 2 is 0.527 bits per heavy atom. The quantitative estimate of drug-likeness (QED) is 0.125. The van der Waals surface area contributed by atoms with E-state index in [0.717, 1.165) is 15.4 Å². The first-order chi connectivity index (χ1) is 61.6. The van der Waals surface area contributed by atoms with Crippen LogP contribution in [-0.4, -0.2) is 73.1 Å². The maximum Gasteiger partial charge on any atom is 0.496 e. The van der Waals surface area contributed by atoms with Crippen LogP contribution in [0.3, 0.4) is 0 Å². The number of hydrogen-bond acceptors (Lipinski definition) is 14. The number of rotatable bonds is 5. The molecule has 0 aliphatic carbocycles. The monoisotopic (exact) mass is 2040 g/mol. The third-order valence-electron chi connectivity index (χ3n) is 27.9. The van der Waals surface area contributed by atoms with Gasteiger partial charge < -0.3 is 37.2 Å². The van der Waals surface area contributed by atoms with Crippen molar-refractivity contribution in [2.75, 3.05) is 0 Å². The second-order valence-electron chi connectivity index (χ2n) is 38.1. The highest BCUT2D eigenvalue weighted by Gasteiger charge is 2.64. The molecule has 6 aromatic heterocycles. The lowest BCUT2D eigenvalue weighted by Crippen LogP contribution is -2.41. The van der Waals surface area contributed by atoms with Crippen LogP contribution < -0.4 is 10.9 Å². The molecular weight excluding hydrogens is 1950 g/mol. The van der Waals surface area contributed by atoms with Crippen LogP contribution in [-0.2, 0) is 37.2 Å². The van der Waals surface area contributed by atoms with Crippen LogP contribution in [0.25, 0.3) is 176 Å². The summed E-state index contributed by atoms with van der Waals surface area (Å²) in [7, 11) is -1.72. The van der Waals surface area contributed by atoms with Crippen molar-refractivity contribution in [3.05, 3.63) is 286 Å². The first-order valence-corrected chi connectivity index (χ1v) is 51.4. The molecule has 15 aromatic carbocycles. The Morgan fingerprint density at radius 1 is 0.233 bits per heavy atom. The van der Waals surface area contributed by atoms with Gasteiger partial charge in [0.25, 0.3) is 0 Å². The van der Waals surface area contributed by atoms with E-state index in [-0.39, 0.29) is 51.9 Å². The smallest absolute Gasteiger partial charge is 0.405 e. The summed E-state index contributed by atoms with van der Waals surface area (Å²) in [5, 5.41) is 23.4. The molecule has 0 unspecified atom stereocenters. The van der Waals surface area contributed by atoms with Gasteiger partial charge in [-0.2, -0.15) is 0 Å². The lowest BCUT2D eigenvalue weighted by Gasteiger charge is -2.32. The standard InChI is InChI=1S/C34H27BO2S2.C28H15BrS2.C22H21BO2S.C12H24B2O4.C12H6BrIS/c1-33(2)34(3,4)37-35(36-33)25-13-9-15-28-31(25)24-18-21(16-17-27(24)38-28)30-22-11-6-5-10-20(22)19-29-32(30)23-12-7-8-14-26(23)39-29;29-21-9-5-11-24-27(21)20-14-17(12-13-23(20)30-24)26-18-7-2-1-6-16(18)15-25-28(26)19-8-3-4-10-22(19)31-25;1-21(2)22(3,4)25-23(24-21)20-15-10-6-5-9-14(15)13-18-19(20)16-11-7-8-12-17(16)26-18;1-9(2)10(3,4)16-13(15-9)14-17-11(5,6)12(7,8)18-14;13-9-2-1-3-11-12(9)8-6-7(14)4-5-10(8)15-11/h5-19H,1-4H3;1-15H;5-13H,1-4H3;1-8H3;1-6H. The van der Waals surface area contributed by atoms with Crippen LogP contribution >= 0.6 is 122 Å². The molecule has 4 aliphatic rings. The highest BCUT2D eigenvalue weighted by atomic mass is 127. The van der Waals surface area contributed by atoms with Crippen molar-refractivity contribution < 1.29 is 37.2 Å². The molecule has 0 N–H and O–H groups in total. The average Bonchev–Trinajstić information content (AvgIpc) is 1.58. The van der Waals surface area contributed by atoms with E-state index >= 15 is 0 Å². The molecule has 10 heterocycles. The highest BCUT2D eigenvalue weighted by Crippen LogP contribution is 2.52. The summed E-state index contributed by atoms with van der Waals surface area (Å²) in [6.07, 6.45) is 0. The molecule has 642 valence electrons. The fourth-order valence-electron chi connectivity index (χ4n) is 18.4. The maximum absolute atomic E-state index is 6.53. The summed E-state index contributed by atoms with van der Waals surface area (Å²) in [5.41, 5.74) is 4.55.